The summed E-state index contributed by atoms with van der Waals surface area (Å²) in [7, 11) is 0. The Morgan fingerprint density at radius 3 is 2.67 bits per heavy atom. The van der Waals surface area contributed by atoms with Gasteiger partial charge in [-0.3, -0.25) is 0 Å². The van der Waals surface area contributed by atoms with Crippen LogP contribution in [-0.2, 0) is 0 Å². The van der Waals surface area contributed by atoms with Crippen LogP contribution in [0.4, 0.5) is 0 Å². The fourth-order valence-corrected chi connectivity index (χ4v) is 1.80. The molecule has 1 N–H and O–H groups in total. The van der Waals surface area contributed by atoms with Gasteiger partial charge in [0.25, 0.3) is 0 Å². The van der Waals surface area contributed by atoms with Crippen molar-refractivity contribution in [3.63, 3.8) is 0 Å². The maximum absolute atomic E-state index is 4.02. The van der Waals surface area contributed by atoms with Gasteiger partial charge in [0.15, 0.2) is 0 Å². The SMILES string of the molecule is C=C(C)/C(=C\C=C/C)N1CC(NCC)C1. The van der Waals surface area contributed by atoms with Crippen molar-refractivity contribution in [2.24, 2.45) is 0 Å². The molecule has 0 aromatic heterocycles. The van der Waals surface area contributed by atoms with Crippen LogP contribution < -0.4 is 5.32 Å². The molecule has 0 bridgehead atoms. The van der Waals surface area contributed by atoms with Crippen LogP contribution >= 0.6 is 0 Å². The average Bonchev–Trinajstić information content (AvgIpc) is 2.13. The van der Waals surface area contributed by atoms with E-state index in [1.165, 1.54) is 5.70 Å². The minimum atomic E-state index is 0.656. The number of hydrogen-bond donors (Lipinski definition) is 1. The molecule has 0 aliphatic carbocycles. The summed E-state index contributed by atoms with van der Waals surface area (Å²) >= 11 is 0. The molecule has 0 aromatic rings. The van der Waals surface area contributed by atoms with Gasteiger partial charge in [0.1, 0.15) is 0 Å². The van der Waals surface area contributed by atoms with Crippen LogP contribution in [-0.4, -0.2) is 30.6 Å². The number of hydrogen-bond acceptors (Lipinski definition) is 2. The monoisotopic (exact) mass is 206 g/mol. The molecule has 0 saturated carbocycles. The Morgan fingerprint density at radius 1 is 1.53 bits per heavy atom. The van der Waals surface area contributed by atoms with Crippen LogP contribution in [0.25, 0.3) is 0 Å². The smallest absolute Gasteiger partial charge is 0.0420 e. The molecule has 1 heterocycles. The summed E-state index contributed by atoms with van der Waals surface area (Å²) in [5, 5.41) is 3.45. The highest BCUT2D eigenvalue weighted by molar-refractivity contribution is 5.30. The summed E-state index contributed by atoms with van der Waals surface area (Å²) < 4.78 is 0. The van der Waals surface area contributed by atoms with Gasteiger partial charge in [0, 0.05) is 24.8 Å². The first-order valence-corrected chi connectivity index (χ1v) is 5.66. The highest BCUT2D eigenvalue weighted by Crippen LogP contribution is 2.20. The van der Waals surface area contributed by atoms with Gasteiger partial charge >= 0.3 is 0 Å². The molecule has 1 fully saturated rings. The third-order valence-corrected chi connectivity index (χ3v) is 2.60. The van der Waals surface area contributed by atoms with Gasteiger partial charge in [-0.1, -0.05) is 25.7 Å². The normalized spacial score (nSPS) is 18.3. The molecular formula is C13H22N2. The Bertz CT molecular complexity index is 270. The van der Waals surface area contributed by atoms with Gasteiger partial charge < -0.3 is 10.2 Å². The molecule has 84 valence electrons. The molecule has 1 aliphatic rings. The molecule has 0 unspecified atom stereocenters. The number of likely N-dealkylation sites (tertiary alicyclic amines) is 1. The van der Waals surface area contributed by atoms with Crippen molar-refractivity contribution in [3.8, 4) is 0 Å². The number of nitrogens with zero attached hydrogens (tertiary/aromatic N) is 1. The van der Waals surface area contributed by atoms with Gasteiger partial charge in [-0.2, -0.15) is 0 Å². The molecule has 1 rings (SSSR count). The molecule has 0 amide bonds. The van der Waals surface area contributed by atoms with E-state index in [1.54, 1.807) is 0 Å². The second-order valence-corrected chi connectivity index (χ2v) is 4.02. The zero-order valence-electron chi connectivity index (χ0n) is 10.1. The van der Waals surface area contributed by atoms with E-state index in [1.807, 2.05) is 13.0 Å². The lowest BCUT2D eigenvalue weighted by Crippen LogP contribution is -2.57. The van der Waals surface area contributed by atoms with Crippen molar-refractivity contribution in [2.75, 3.05) is 19.6 Å². The number of rotatable bonds is 5. The fraction of sp³-hybridized carbons (Fsp3) is 0.538. The predicted octanol–water partition coefficient (Wildman–Crippen LogP) is 2.32. The molecule has 15 heavy (non-hydrogen) atoms. The Balaban J connectivity index is 2.51. The van der Waals surface area contributed by atoms with E-state index in [2.05, 4.69) is 42.8 Å². The summed E-state index contributed by atoms with van der Waals surface area (Å²) in [5.41, 5.74) is 2.41. The molecule has 0 radical (unpaired) electrons. The van der Waals surface area contributed by atoms with Gasteiger partial charge in [0.2, 0.25) is 0 Å². The van der Waals surface area contributed by atoms with Crippen molar-refractivity contribution in [2.45, 2.75) is 26.8 Å². The van der Waals surface area contributed by atoms with E-state index in [0.29, 0.717) is 6.04 Å². The molecule has 2 nitrogen and oxygen atoms in total. The molecule has 2 heteroatoms. The van der Waals surface area contributed by atoms with Gasteiger partial charge in [-0.15, -0.1) is 0 Å². The summed E-state index contributed by atoms with van der Waals surface area (Å²) in [6.45, 7) is 13.5. The summed E-state index contributed by atoms with van der Waals surface area (Å²) in [5.74, 6) is 0. The first-order chi connectivity index (χ1) is 7.19. The van der Waals surface area contributed by atoms with Crippen molar-refractivity contribution in [3.05, 3.63) is 36.1 Å². The third kappa shape index (κ3) is 3.24. The molecule has 1 aliphatic heterocycles. The standard InChI is InChI=1S/C13H22N2/c1-5-7-8-13(11(3)4)15-9-12(10-15)14-6-2/h5,7-8,12,14H,3,6,9-10H2,1-2,4H3/b7-5-,13-8+. The van der Waals surface area contributed by atoms with E-state index in [0.717, 1.165) is 25.2 Å². The van der Waals surface area contributed by atoms with Gasteiger partial charge in [-0.25, -0.2) is 0 Å². The lowest BCUT2D eigenvalue weighted by atomic mass is 10.0. The molecule has 0 aromatic carbocycles. The minimum absolute atomic E-state index is 0.656. The van der Waals surface area contributed by atoms with E-state index < -0.39 is 0 Å². The van der Waals surface area contributed by atoms with E-state index in [4.69, 9.17) is 0 Å². The van der Waals surface area contributed by atoms with Crippen LogP contribution in [0.3, 0.4) is 0 Å². The van der Waals surface area contributed by atoms with Crippen LogP contribution in [0.5, 0.6) is 0 Å². The highest BCUT2D eigenvalue weighted by Gasteiger charge is 2.27. The van der Waals surface area contributed by atoms with Crippen LogP contribution in [0.1, 0.15) is 20.8 Å². The number of likely N-dealkylation sites (N-methyl/N-ethyl adjacent to an activating group) is 1. The topological polar surface area (TPSA) is 15.3 Å². The van der Waals surface area contributed by atoms with E-state index in [9.17, 15) is 0 Å². The zero-order valence-corrected chi connectivity index (χ0v) is 10.1. The first kappa shape index (κ1) is 12.1. The molecule has 1 saturated heterocycles. The van der Waals surface area contributed by atoms with Crippen LogP contribution in [0.15, 0.2) is 36.1 Å². The second-order valence-electron chi connectivity index (χ2n) is 4.02. The Morgan fingerprint density at radius 2 is 2.20 bits per heavy atom. The number of allylic oxidation sites excluding steroid dienone is 4. The minimum Gasteiger partial charge on any atom is -0.368 e. The maximum atomic E-state index is 4.02. The van der Waals surface area contributed by atoms with Crippen molar-refractivity contribution < 1.29 is 0 Å². The van der Waals surface area contributed by atoms with E-state index >= 15 is 0 Å². The van der Waals surface area contributed by atoms with Crippen molar-refractivity contribution in [1.82, 2.24) is 10.2 Å². The van der Waals surface area contributed by atoms with Crippen LogP contribution in [0, 0.1) is 0 Å². The second kappa shape index (κ2) is 5.76. The average molecular weight is 206 g/mol. The molecule has 0 atom stereocenters. The Kier molecular flexibility index (Phi) is 4.63. The molecular weight excluding hydrogens is 184 g/mol. The summed E-state index contributed by atoms with van der Waals surface area (Å²) in [6, 6.07) is 0.656. The first-order valence-electron chi connectivity index (χ1n) is 5.66. The summed E-state index contributed by atoms with van der Waals surface area (Å²) in [4.78, 5) is 2.37. The summed E-state index contributed by atoms with van der Waals surface area (Å²) in [6.07, 6.45) is 6.26. The Hall–Kier alpha value is -1.02. The fourth-order valence-electron chi connectivity index (χ4n) is 1.80. The lowest BCUT2D eigenvalue weighted by Gasteiger charge is -2.43. The largest absolute Gasteiger partial charge is 0.368 e. The highest BCUT2D eigenvalue weighted by atomic mass is 15.3. The molecule has 0 spiro atoms. The predicted molar refractivity (Wildman–Crippen MR) is 66.7 cm³/mol. The Labute approximate surface area is 93.4 Å². The van der Waals surface area contributed by atoms with Crippen molar-refractivity contribution in [1.29, 1.82) is 0 Å². The van der Waals surface area contributed by atoms with E-state index in [-0.39, 0.29) is 0 Å². The lowest BCUT2D eigenvalue weighted by molar-refractivity contribution is 0.176. The zero-order chi connectivity index (χ0) is 11.3. The van der Waals surface area contributed by atoms with Gasteiger partial charge in [-0.05, 0) is 32.0 Å². The quantitative estimate of drug-likeness (QED) is 0.694. The van der Waals surface area contributed by atoms with Crippen LogP contribution in [0.2, 0.25) is 0 Å². The maximum Gasteiger partial charge on any atom is 0.0420 e. The van der Waals surface area contributed by atoms with Crippen molar-refractivity contribution >= 4 is 0 Å². The number of nitrogens with one attached hydrogen (secondary N) is 1. The van der Waals surface area contributed by atoms with Gasteiger partial charge in [0.05, 0.1) is 0 Å². The third-order valence-electron chi connectivity index (χ3n) is 2.60.